The molecule has 7 heteroatoms. The van der Waals surface area contributed by atoms with Gasteiger partial charge >= 0.3 is 6.09 Å². The van der Waals surface area contributed by atoms with E-state index in [1.165, 1.54) is 0 Å². The van der Waals surface area contributed by atoms with Crippen molar-refractivity contribution in [3.8, 4) is 11.5 Å². The van der Waals surface area contributed by atoms with Gasteiger partial charge in [-0.15, -0.1) is 0 Å². The Morgan fingerprint density at radius 2 is 1.96 bits per heavy atom. The third-order valence-electron chi connectivity index (χ3n) is 4.71. The number of amides is 2. The molecular weight excluding hydrogens is 348 g/mol. The number of carbonyl (C=O) groups excluding carboxylic acids is 2. The topological polar surface area (TPSA) is 68.3 Å². The number of nitrogens with zero attached hydrogens (tertiary/aromatic N) is 2. The van der Waals surface area contributed by atoms with E-state index in [0.717, 1.165) is 12.8 Å². The zero-order chi connectivity index (χ0) is 19.6. The highest BCUT2D eigenvalue weighted by Gasteiger charge is 2.32. The Balaban J connectivity index is 1.71. The third-order valence-corrected chi connectivity index (χ3v) is 4.71. The lowest BCUT2D eigenvalue weighted by Crippen LogP contribution is -2.51. The van der Waals surface area contributed by atoms with E-state index in [4.69, 9.17) is 14.2 Å². The van der Waals surface area contributed by atoms with Crippen molar-refractivity contribution in [2.75, 3.05) is 33.4 Å². The molecular formula is C20H28N2O5. The highest BCUT2D eigenvalue weighted by atomic mass is 16.6. The minimum atomic E-state index is -0.536. The van der Waals surface area contributed by atoms with Gasteiger partial charge in [-0.2, -0.15) is 0 Å². The van der Waals surface area contributed by atoms with Crippen LogP contribution in [0.15, 0.2) is 18.2 Å². The SMILES string of the molecule is CN(C(=O)c1cccc2c1OCCO2)[C@H]1CCCN(C(=O)OC(C)(C)C)C1. The predicted octanol–water partition coefficient (Wildman–Crippen LogP) is 2.93. The summed E-state index contributed by atoms with van der Waals surface area (Å²) in [6.07, 6.45) is 1.34. The van der Waals surface area contributed by atoms with E-state index >= 15 is 0 Å². The Hall–Kier alpha value is -2.44. The first kappa shape index (κ1) is 19.3. The maximum atomic E-state index is 13.1. The van der Waals surface area contributed by atoms with Crippen LogP contribution in [0.3, 0.4) is 0 Å². The van der Waals surface area contributed by atoms with Crippen molar-refractivity contribution < 1.29 is 23.8 Å². The minimum Gasteiger partial charge on any atom is -0.486 e. The van der Waals surface area contributed by atoms with Crippen LogP contribution in [0.1, 0.15) is 44.0 Å². The van der Waals surface area contributed by atoms with Crippen molar-refractivity contribution in [2.45, 2.75) is 45.3 Å². The number of rotatable bonds is 2. The highest BCUT2D eigenvalue weighted by Crippen LogP contribution is 2.34. The summed E-state index contributed by atoms with van der Waals surface area (Å²) in [5.41, 5.74) is -0.0456. The molecule has 0 bridgehead atoms. The average Bonchev–Trinajstić information content (AvgIpc) is 2.65. The maximum Gasteiger partial charge on any atom is 0.410 e. The molecule has 0 saturated carbocycles. The van der Waals surface area contributed by atoms with Gasteiger partial charge in [0.1, 0.15) is 18.8 Å². The van der Waals surface area contributed by atoms with Crippen LogP contribution in [-0.4, -0.2) is 66.8 Å². The molecule has 2 amide bonds. The highest BCUT2D eigenvalue weighted by molar-refractivity contribution is 5.98. The predicted molar refractivity (Wildman–Crippen MR) is 100 cm³/mol. The van der Waals surface area contributed by atoms with Gasteiger partial charge in [-0.3, -0.25) is 4.79 Å². The summed E-state index contributed by atoms with van der Waals surface area (Å²) >= 11 is 0. The normalized spacial score (nSPS) is 19.4. The van der Waals surface area contributed by atoms with Crippen molar-refractivity contribution in [3.05, 3.63) is 23.8 Å². The second kappa shape index (κ2) is 7.66. The van der Waals surface area contributed by atoms with Gasteiger partial charge < -0.3 is 24.0 Å². The molecule has 7 nitrogen and oxygen atoms in total. The number of piperidine rings is 1. The molecule has 27 heavy (non-hydrogen) atoms. The fraction of sp³-hybridized carbons (Fsp3) is 0.600. The number of carbonyl (C=O) groups is 2. The Kier molecular flexibility index (Phi) is 5.48. The fourth-order valence-electron chi connectivity index (χ4n) is 3.36. The molecule has 148 valence electrons. The van der Waals surface area contributed by atoms with Gasteiger partial charge in [0.05, 0.1) is 5.56 Å². The summed E-state index contributed by atoms with van der Waals surface area (Å²) in [7, 11) is 1.77. The van der Waals surface area contributed by atoms with Gasteiger partial charge in [0, 0.05) is 26.2 Å². The van der Waals surface area contributed by atoms with Gasteiger partial charge in [0.25, 0.3) is 5.91 Å². The van der Waals surface area contributed by atoms with Crippen molar-refractivity contribution in [1.82, 2.24) is 9.80 Å². The molecule has 3 rings (SSSR count). The monoisotopic (exact) mass is 376 g/mol. The number of benzene rings is 1. The molecule has 0 radical (unpaired) electrons. The first-order chi connectivity index (χ1) is 12.8. The van der Waals surface area contributed by atoms with Crippen LogP contribution in [0, 0.1) is 0 Å². The van der Waals surface area contributed by atoms with E-state index in [9.17, 15) is 9.59 Å². The quantitative estimate of drug-likeness (QED) is 0.794. The summed E-state index contributed by atoms with van der Waals surface area (Å²) in [5.74, 6) is 0.966. The summed E-state index contributed by atoms with van der Waals surface area (Å²) in [6, 6.07) is 5.28. The standard InChI is InChI=1S/C20H28N2O5/c1-20(2,3)27-19(24)22-10-6-7-14(13-22)21(4)18(23)15-8-5-9-16-17(15)26-12-11-25-16/h5,8-9,14H,6-7,10-13H2,1-4H3/t14-/m0/s1. The molecule has 1 aromatic carbocycles. The van der Waals surface area contributed by atoms with E-state index in [-0.39, 0.29) is 18.0 Å². The summed E-state index contributed by atoms with van der Waals surface area (Å²) in [5, 5.41) is 0. The summed E-state index contributed by atoms with van der Waals surface area (Å²) < 4.78 is 16.7. The Morgan fingerprint density at radius 3 is 2.70 bits per heavy atom. The van der Waals surface area contributed by atoms with Crippen molar-refractivity contribution in [2.24, 2.45) is 0 Å². The van der Waals surface area contributed by atoms with E-state index < -0.39 is 5.60 Å². The molecule has 0 unspecified atom stereocenters. The first-order valence-corrected chi connectivity index (χ1v) is 9.40. The summed E-state index contributed by atoms with van der Waals surface area (Å²) in [6.45, 7) is 7.56. The third kappa shape index (κ3) is 4.46. The van der Waals surface area contributed by atoms with Gasteiger partial charge in [-0.05, 0) is 45.7 Å². The zero-order valence-corrected chi connectivity index (χ0v) is 16.5. The molecule has 2 heterocycles. The molecule has 0 spiro atoms. The van der Waals surface area contributed by atoms with Crippen molar-refractivity contribution >= 4 is 12.0 Å². The fourth-order valence-corrected chi connectivity index (χ4v) is 3.36. The number of hydrogen-bond acceptors (Lipinski definition) is 5. The molecule has 2 aliphatic rings. The number of fused-ring (bicyclic) bond motifs is 1. The molecule has 1 fully saturated rings. The Labute approximate surface area is 160 Å². The number of likely N-dealkylation sites (N-methyl/N-ethyl adjacent to an activating group) is 1. The van der Waals surface area contributed by atoms with Crippen LogP contribution in [0.25, 0.3) is 0 Å². The van der Waals surface area contributed by atoms with Crippen LogP contribution in [0.2, 0.25) is 0 Å². The van der Waals surface area contributed by atoms with Crippen molar-refractivity contribution in [3.63, 3.8) is 0 Å². The maximum absolute atomic E-state index is 13.1. The second-order valence-electron chi connectivity index (χ2n) is 7.97. The molecule has 1 aromatic rings. The molecule has 2 aliphatic heterocycles. The first-order valence-electron chi connectivity index (χ1n) is 9.40. The van der Waals surface area contributed by atoms with Crippen LogP contribution < -0.4 is 9.47 Å². The van der Waals surface area contributed by atoms with Crippen LogP contribution in [0.4, 0.5) is 4.79 Å². The smallest absolute Gasteiger partial charge is 0.410 e. The minimum absolute atomic E-state index is 0.0702. The lowest BCUT2D eigenvalue weighted by atomic mass is 10.0. The molecule has 1 atom stereocenters. The van der Waals surface area contributed by atoms with Crippen LogP contribution in [0.5, 0.6) is 11.5 Å². The van der Waals surface area contributed by atoms with Crippen LogP contribution >= 0.6 is 0 Å². The number of likely N-dealkylation sites (tertiary alicyclic amines) is 1. The molecule has 0 N–H and O–H groups in total. The summed E-state index contributed by atoms with van der Waals surface area (Å²) in [4.78, 5) is 28.8. The average molecular weight is 376 g/mol. The van der Waals surface area contributed by atoms with E-state index in [0.29, 0.717) is 43.4 Å². The van der Waals surface area contributed by atoms with Gasteiger partial charge in [0.2, 0.25) is 0 Å². The Morgan fingerprint density at radius 1 is 1.22 bits per heavy atom. The second-order valence-corrected chi connectivity index (χ2v) is 7.97. The van der Waals surface area contributed by atoms with Gasteiger partial charge in [0.15, 0.2) is 11.5 Å². The lowest BCUT2D eigenvalue weighted by molar-refractivity contribution is 0.0122. The molecule has 0 aromatic heterocycles. The molecule has 1 saturated heterocycles. The van der Waals surface area contributed by atoms with Crippen LogP contribution in [-0.2, 0) is 4.74 Å². The molecule has 0 aliphatic carbocycles. The van der Waals surface area contributed by atoms with Crippen molar-refractivity contribution in [1.29, 1.82) is 0 Å². The van der Waals surface area contributed by atoms with E-state index in [1.807, 2.05) is 20.8 Å². The lowest BCUT2D eigenvalue weighted by Gasteiger charge is -2.38. The van der Waals surface area contributed by atoms with Gasteiger partial charge in [-0.25, -0.2) is 4.79 Å². The number of hydrogen-bond donors (Lipinski definition) is 0. The van der Waals surface area contributed by atoms with E-state index in [1.54, 1.807) is 35.0 Å². The van der Waals surface area contributed by atoms with Gasteiger partial charge in [-0.1, -0.05) is 6.07 Å². The Bertz CT molecular complexity index is 713. The largest absolute Gasteiger partial charge is 0.486 e. The zero-order valence-electron chi connectivity index (χ0n) is 16.5. The number of ether oxygens (including phenoxy) is 3. The van der Waals surface area contributed by atoms with E-state index in [2.05, 4.69) is 0 Å². The number of para-hydroxylation sites is 1.